The van der Waals surface area contributed by atoms with Crippen molar-refractivity contribution in [3.8, 4) is 5.75 Å². The summed E-state index contributed by atoms with van der Waals surface area (Å²) in [7, 11) is 1.66. The Morgan fingerprint density at radius 1 is 1.21 bits per heavy atom. The van der Waals surface area contributed by atoms with Crippen molar-refractivity contribution in [3.63, 3.8) is 0 Å². The number of halogens is 2. The number of ether oxygens (including phenoxy) is 1. The fraction of sp³-hybridized carbons (Fsp3) is 0.200. The number of nitrogens with one attached hydrogen (secondary N) is 1. The summed E-state index contributed by atoms with van der Waals surface area (Å²) in [5.41, 5.74) is 3.19. The summed E-state index contributed by atoms with van der Waals surface area (Å²) < 4.78 is 19.2. The van der Waals surface area contributed by atoms with Crippen LogP contribution in [0.4, 0.5) is 10.1 Å². The number of aryl methyl sites for hydroxylation is 1. The average Bonchev–Trinajstić information content (AvgIpc) is 2.38. The zero-order valence-corrected chi connectivity index (χ0v) is 13.0. The normalized spacial score (nSPS) is 10.3. The van der Waals surface area contributed by atoms with E-state index in [1.165, 1.54) is 17.7 Å². The Balaban J connectivity index is 2.16. The lowest BCUT2D eigenvalue weighted by atomic mass is 10.1. The molecule has 0 unspecified atom stereocenters. The second-order valence-electron chi connectivity index (χ2n) is 4.29. The van der Waals surface area contributed by atoms with E-state index in [-0.39, 0.29) is 5.82 Å². The summed E-state index contributed by atoms with van der Waals surface area (Å²) >= 11 is 2.12. The van der Waals surface area contributed by atoms with E-state index in [9.17, 15) is 4.39 Å². The molecule has 0 aliphatic heterocycles. The van der Waals surface area contributed by atoms with Crippen LogP contribution in [0.1, 0.15) is 11.1 Å². The van der Waals surface area contributed by atoms with Gasteiger partial charge in [-0.2, -0.15) is 0 Å². The standard InChI is InChI=1S/C15H15FINO/c1-10-3-6-15(19-2)11(7-10)9-18-14-5-4-12(16)8-13(14)17/h3-8,18H,9H2,1-2H3. The lowest BCUT2D eigenvalue weighted by molar-refractivity contribution is 0.410. The van der Waals surface area contributed by atoms with E-state index in [1.807, 2.05) is 19.1 Å². The van der Waals surface area contributed by atoms with Crippen molar-refractivity contribution in [2.45, 2.75) is 13.5 Å². The van der Waals surface area contributed by atoms with Gasteiger partial charge in [-0.25, -0.2) is 4.39 Å². The van der Waals surface area contributed by atoms with Crippen LogP contribution in [0.5, 0.6) is 5.75 Å². The summed E-state index contributed by atoms with van der Waals surface area (Å²) in [6.45, 7) is 2.69. The Labute approximate surface area is 126 Å². The van der Waals surface area contributed by atoms with Crippen LogP contribution in [0.3, 0.4) is 0 Å². The summed E-state index contributed by atoms with van der Waals surface area (Å²) in [5, 5.41) is 3.30. The van der Waals surface area contributed by atoms with E-state index >= 15 is 0 Å². The van der Waals surface area contributed by atoms with Crippen molar-refractivity contribution in [1.29, 1.82) is 0 Å². The van der Waals surface area contributed by atoms with Gasteiger partial charge in [0.2, 0.25) is 0 Å². The number of hydrogen-bond acceptors (Lipinski definition) is 2. The van der Waals surface area contributed by atoms with E-state index in [1.54, 1.807) is 13.2 Å². The van der Waals surface area contributed by atoms with Gasteiger partial charge in [0.15, 0.2) is 0 Å². The molecular formula is C15H15FINO. The molecule has 0 fully saturated rings. The number of methoxy groups -OCH3 is 1. The Bertz CT molecular complexity index is 586. The van der Waals surface area contributed by atoms with Crippen molar-refractivity contribution in [1.82, 2.24) is 0 Å². The van der Waals surface area contributed by atoms with Crippen molar-refractivity contribution in [3.05, 3.63) is 56.9 Å². The maximum atomic E-state index is 13.0. The molecule has 0 aliphatic carbocycles. The van der Waals surface area contributed by atoms with Gasteiger partial charge in [-0.05, 0) is 53.8 Å². The predicted molar refractivity (Wildman–Crippen MR) is 84.2 cm³/mol. The topological polar surface area (TPSA) is 21.3 Å². The molecule has 0 radical (unpaired) electrons. The maximum absolute atomic E-state index is 13.0. The quantitative estimate of drug-likeness (QED) is 0.807. The van der Waals surface area contributed by atoms with Gasteiger partial charge in [0.05, 0.1) is 7.11 Å². The fourth-order valence-electron chi connectivity index (χ4n) is 1.87. The molecule has 0 aliphatic rings. The van der Waals surface area contributed by atoms with Crippen LogP contribution in [0.2, 0.25) is 0 Å². The molecule has 0 saturated carbocycles. The molecule has 2 aromatic rings. The van der Waals surface area contributed by atoms with Crippen LogP contribution in [-0.2, 0) is 6.54 Å². The molecular weight excluding hydrogens is 356 g/mol. The lowest BCUT2D eigenvalue weighted by Gasteiger charge is -2.12. The lowest BCUT2D eigenvalue weighted by Crippen LogP contribution is -2.03. The van der Waals surface area contributed by atoms with Crippen LogP contribution in [0, 0.1) is 16.3 Å². The number of benzene rings is 2. The second-order valence-corrected chi connectivity index (χ2v) is 5.46. The fourth-order valence-corrected chi connectivity index (χ4v) is 2.54. The van der Waals surface area contributed by atoms with Gasteiger partial charge in [0, 0.05) is 21.4 Å². The Kier molecular flexibility index (Phi) is 4.63. The Morgan fingerprint density at radius 3 is 2.68 bits per heavy atom. The first-order chi connectivity index (χ1) is 9.10. The van der Waals surface area contributed by atoms with Gasteiger partial charge in [-0.15, -0.1) is 0 Å². The monoisotopic (exact) mass is 371 g/mol. The third-order valence-electron chi connectivity index (χ3n) is 2.84. The molecule has 0 amide bonds. The van der Waals surface area contributed by atoms with Gasteiger partial charge < -0.3 is 10.1 Å². The second kappa shape index (κ2) is 6.23. The number of rotatable bonds is 4. The highest BCUT2D eigenvalue weighted by Gasteiger charge is 2.05. The molecule has 0 heterocycles. The molecule has 0 aromatic heterocycles. The van der Waals surface area contributed by atoms with Crippen LogP contribution >= 0.6 is 22.6 Å². The molecule has 0 atom stereocenters. The van der Waals surface area contributed by atoms with Gasteiger partial charge in [0.1, 0.15) is 11.6 Å². The van der Waals surface area contributed by atoms with Gasteiger partial charge in [0.25, 0.3) is 0 Å². The molecule has 1 N–H and O–H groups in total. The molecule has 0 saturated heterocycles. The summed E-state index contributed by atoms with van der Waals surface area (Å²) in [4.78, 5) is 0. The highest BCUT2D eigenvalue weighted by atomic mass is 127. The van der Waals surface area contributed by atoms with E-state index in [0.717, 1.165) is 20.6 Å². The minimum absolute atomic E-state index is 0.219. The summed E-state index contributed by atoms with van der Waals surface area (Å²) in [5.74, 6) is 0.637. The Hall–Kier alpha value is -1.30. The van der Waals surface area contributed by atoms with Crippen LogP contribution in [0.15, 0.2) is 36.4 Å². The third kappa shape index (κ3) is 3.59. The highest BCUT2D eigenvalue weighted by molar-refractivity contribution is 14.1. The first kappa shape index (κ1) is 14.1. The SMILES string of the molecule is COc1ccc(C)cc1CNc1ccc(F)cc1I. The van der Waals surface area contributed by atoms with E-state index in [0.29, 0.717) is 6.54 Å². The number of hydrogen-bond donors (Lipinski definition) is 1. The van der Waals surface area contributed by atoms with Crippen molar-refractivity contribution in [2.75, 3.05) is 12.4 Å². The zero-order chi connectivity index (χ0) is 13.8. The Morgan fingerprint density at radius 2 is 2.00 bits per heavy atom. The van der Waals surface area contributed by atoms with E-state index in [2.05, 4.69) is 34.0 Å². The van der Waals surface area contributed by atoms with Gasteiger partial charge in [-0.3, -0.25) is 0 Å². The maximum Gasteiger partial charge on any atom is 0.124 e. The molecule has 100 valence electrons. The molecule has 2 nitrogen and oxygen atoms in total. The smallest absolute Gasteiger partial charge is 0.124 e. The first-order valence-electron chi connectivity index (χ1n) is 5.92. The molecule has 2 aromatic carbocycles. The van der Waals surface area contributed by atoms with Crippen molar-refractivity contribution < 1.29 is 9.13 Å². The number of anilines is 1. The van der Waals surface area contributed by atoms with Crippen LogP contribution in [-0.4, -0.2) is 7.11 Å². The molecule has 2 rings (SSSR count). The molecule has 4 heteroatoms. The van der Waals surface area contributed by atoms with Gasteiger partial charge >= 0.3 is 0 Å². The van der Waals surface area contributed by atoms with Crippen LogP contribution < -0.4 is 10.1 Å². The largest absolute Gasteiger partial charge is 0.496 e. The summed E-state index contributed by atoms with van der Waals surface area (Å²) in [6, 6.07) is 10.8. The van der Waals surface area contributed by atoms with E-state index < -0.39 is 0 Å². The van der Waals surface area contributed by atoms with Gasteiger partial charge in [-0.1, -0.05) is 17.7 Å². The highest BCUT2D eigenvalue weighted by Crippen LogP contribution is 2.23. The average molecular weight is 371 g/mol. The zero-order valence-electron chi connectivity index (χ0n) is 10.8. The van der Waals surface area contributed by atoms with E-state index in [4.69, 9.17) is 4.74 Å². The van der Waals surface area contributed by atoms with Crippen LogP contribution in [0.25, 0.3) is 0 Å². The van der Waals surface area contributed by atoms with Crippen molar-refractivity contribution >= 4 is 28.3 Å². The molecule has 0 bridgehead atoms. The predicted octanol–water partition coefficient (Wildman–Crippen LogP) is 4.36. The summed E-state index contributed by atoms with van der Waals surface area (Å²) in [6.07, 6.45) is 0. The third-order valence-corrected chi connectivity index (χ3v) is 3.73. The molecule has 0 spiro atoms. The first-order valence-corrected chi connectivity index (χ1v) is 7.00. The van der Waals surface area contributed by atoms with Crippen molar-refractivity contribution in [2.24, 2.45) is 0 Å². The minimum atomic E-state index is -0.219. The molecule has 19 heavy (non-hydrogen) atoms. The minimum Gasteiger partial charge on any atom is -0.496 e.